The molecule has 0 amide bonds. The summed E-state index contributed by atoms with van der Waals surface area (Å²) in [5.74, 6) is -3.30. The smallest absolute Gasteiger partial charge is 0.206 e. The molecule has 15 heavy (non-hydrogen) atoms. The van der Waals surface area contributed by atoms with Crippen LogP contribution in [-0.4, -0.2) is 31.6 Å². The standard InChI is InChI=1S/C9H19F2NO2S/c1-3-5-7-12(8-6-4-2)15(13,14)9(10)11/h9H,3-8H2,1-2H3. The highest BCUT2D eigenvalue weighted by atomic mass is 32.2. The summed E-state index contributed by atoms with van der Waals surface area (Å²) in [4.78, 5) is 0. The molecule has 0 aliphatic heterocycles. The number of unbranched alkanes of at least 4 members (excludes halogenated alkanes) is 2. The highest BCUT2D eigenvalue weighted by Gasteiger charge is 2.30. The molecule has 0 unspecified atom stereocenters. The maximum atomic E-state index is 12.3. The maximum Gasteiger partial charge on any atom is 0.350 e. The third-order valence-corrected chi connectivity index (χ3v) is 3.64. The molecule has 92 valence electrons. The van der Waals surface area contributed by atoms with Crippen molar-refractivity contribution >= 4 is 10.0 Å². The Hall–Kier alpha value is -0.230. The molecule has 0 rings (SSSR count). The van der Waals surface area contributed by atoms with Gasteiger partial charge in [-0.05, 0) is 12.8 Å². The summed E-state index contributed by atoms with van der Waals surface area (Å²) in [6.07, 6.45) is 2.83. The summed E-state index contributed by atoms with van der Waals surface area (Å²) in [7, 11) is -4.38. The zero-order chi connectivity index (χ0) is 11.9. The molecular weight excluding hydrogens is 224 g/mol. The fourth-order valence-corrected chi connectivity index (χ4v) is 2.14. The van der Waals surface area contributed by atoms with E-state index in [9.17, 15) is 17.2 Å². The minimum Gasteiger partial charge on any atom is -0.206 e. The molecule has 6 heteroatoms. The van der Waals surface area contributed by atoms with Gasteiger partial charge in [-0.3, -0.25) is 0 Å². The fourth-order valence-electron chi connectivity index (χ4n) is 1.15. The largest absolute Gasteiger partial charge is 0.350 e. The van der Waals surface area contributed by atoms with Crippen molar-refractivity contribution in [2.24, 2.45) is 0 Å². The lowest BCUT2D eigenvalue weighted by atomic mass is 10.3. The molecule has 0 heterocycles. The van der Waals surface area contributed by atoms with E-state index in [0.717, 1.165) is 17.1 Å². The zero-order valence-electron chi connectivity index (χ0n) is 9.25. The van der Waals surface area contributed by atoms with Gasteiger partial charge in [0, 0.05) is 13.1 Å². The van der Waals surface area contributed by atoms with Gasteiger partial charge in [0.2, 0.25) is 0 Å². The second-order valence-corrected chi connectivity index (χ2v) is 5.31. The molecule has 0 fully saturated rings. The molecule has 0 aliphatic carbocycles. The Morgan fingerprint density at radius 3 is 1.73 bits per heavy atom. The van der Waals surface area contributed by atoms with Crippen LogP contribution in [0.5, 0.6) is 0 Å². The van der Waals surface area contributed by atoms with Crippen molar-refractivity contribution in [2.45, 2.75) is 45.3 Å². The molecule has 0 bridgehead atoms. The Kier molecular flexibility index (Phi) is 7.00. The van der Waals surface area contributed by atoms with Gasteiger partial charge < -0.3 is 0 Å². The number of hydrogen-bond acceptors (Lipinski definition) is 2. The van der Waals surface area contributed by atoms with Crippen molar-refractivity contribution in [1.29, 1.82) is 0 Å². The van der Waals surface area contributed by atoms with Crippen molar-refractivity contribution in [2.75, 3.05) is 13.1 Å². The Balaban J connectivity index is 4.46. The van der Waals surface area contributed by atoms with Gasteiger partial charge in [0.1, 0.15) is 0 Å². The number of halogens is 2. The van der Waals surface area contributed by atoms with Gasteiger partial charge in [-0.2, -0.15) is 13.1 Å². The molecule has 0 aromatic heterocycles. The van der Waals surface area contributed by atoms with Crippen molar-refractivity contribution in [3.05, 3.63) is 0 Å². The lowest BCUT2D eigenvalue weighted by Crippen LogP contribution is -2.36. The van der Waals surface area contributed by atoms with Gasteiger partial charge in [-0.15, -0.1) is 0 Å². The van der Waals surface area contributed by atoms with E-state index in [2.05, 4.69) is 0 Å². The Labute approximate surface area is 90.5 Å². The maximum absolute atomic E-state index is 12.3. The Bertz CT molecular complexity index is 247. The first-order valence-corrected chi connectivity index (χ1v) is 6.74. The van der Waals surface area contributed by atoms with Crippen molar-refractivity contribution in [3.8, 4) is 0 Å². The highest BCUT2D eigenvalue weighted by Crippen LogP contribution is 2.13. The first kappa shape index (κ1) is 14.8. The zero-order valence-corrected chi connectivity index (χ0v) is 10.1. The van der Waals surface area contributed by atoms with Crippen LogP contribution in [-0.2, 0) is 10.0 Å². The Morgan fingerprint density at radius 1 is 1.07 bits per heavy atom. The van der Waals surface area contributed by atoms with E-state index in [-0.39, 0.29) is 13.1 Å². The summed E-state index contributed by atoms with van der Waals surface area (Å²) < 4.78 is 47.9. The SMILES string of the molecule is CCCCN(CCCC)S(=O)(=O)C(F)F. The number of alkyl halides is 2. The normalized spacial score (nSPS) is 12.7. The lowest BCUT2D eigenvalue weighted by molar-refractivity contribution is 0.217. The molecular formula is C9H19F2NO2S. The number of nitrogens with zero attached hydrogens (tertiary/aromatic N) is 1. The monoisotopic (exact) mass is 243 g/mol. The molecule has 0 N–H and O–H groups in total. The number of sulfonamides is 1. The van der Waals surface area contributed by atoms with Crippen LogP contribution < -0.4 is 0 Å². The quantitative estimate of drug-likeness (QED) is 0.656. The van der Waals surface area contributed by atoms with E-state index in [1.54, 1.807) is 0 Å². The van der Waals surface area contributed by atoms with Gasteiger partial charge in [-0.25, -0.2) is 8.42 Å². The summed E-state index contributed by atoms with van der Waals surface area (Å²) in [5.41, 5.74) is 0. The minimum atomic E-state index is -4.38. The first-order chi connectivity index (χ1) is 6.96. The third-order valence-electron chi connectivity index (χ3n) is 2.11. The molecule has 0 aliphatic rings. The van der Waals surface area contributed by atoms with Crippen LogP contribution in [0.3, 0.4) is 0 Å². The highest BCUT2D eigenvalue weighted by molar-refractivity contribution is 7.89. The Morgan fingerprint density at radius 2 is 1.47 bits per heavy atom. The molecule has 0 spiro atoms. The van der Waals surface area contributed by atoms with E-state index < -0.39 is 15.8 Å². The topological polar surface area (TPSA) is 37.4 Å². The van der Waals surface area contributed by atoms with Crippen LogP contribution in [0, 0.1) is 0 Å². The first-order valence-electron chi connectivity index (χ1n) is 5.23. The summed E-state index contributed by atoms with van der Waals surface area (Å²) in [6, 6.07) is 0. The molecule has 3 nitrogen and oxygen atoms in total. The minimum absolute atomic E-state index is 0.198. The van der Waals surface area contributed by atoms with E-state index >= 15 is 0 Å². The third kappa shape index (κ3) is 4.88. The van der Waals surface area contributed by atoms with Crippen LogP contribution in [0.1, 0.15) is 39.5 Å². The van der Waals surface area contributed by atoms with Crippen LogP contribution in [0.25, 0.3) is 0 Å². The molecule has 0 saturated heterocycles. The summed E-state index contributed by atoms with van der Waals surface area (Å²) >= 11 is 0. The molecule has 0 atom stereocenters. The lowest BCUT2D eigenvalue weighted by Gasteiger charge is -2.20. The van der Waals surface area contributed by atoms with Crippen molar-refractivity contribution in [1.82, 2.24) is 4.31 Å². The van der Waals surface area contributed by atoms with Crippen LogP contribution in [0.15, 0.2) is 0 Å². The number of rotatable bonds is 8. The van der Waals surface area contributed by atoms with Crippen LogP contribution in [0.2, 0.25) is 0 Å². The number of hydrogen-bond donors (Lipinski definition) is 0. The molecule has 0 aromatic carbocycles. The van der Waals surface area contributed by atoms with Crippen molar-refractivity contribution < 1.29 is 17.2 Å². The van der Waals surface area contributed by atoms with Gasteiger partial charge >= 0.3 is 5.76 Å². The van der Waals surface area contributed by atoms with Gasteiger partial charge in [0.25, 0.3) is 10.0 Å². The van der Waals surface area contributed by atoms with E-state index in [1.165, 1.54) is 0 Å². The predicted molar refractivity (Wildman–Crippen MR) is 56.3 cm³/mol. The summed E-state index contributed by atoms with van der Waals surface area (Å²) in [6.45, 7) is 4.19. The molecule has 0 saturated carbocycles. The average Bonchev–Trinajstić information content (AvgIpc) is 2.17. The van der Waals surface area contributed by atoms with Gasteiger partial charge in [-0.1, -0.05) is 26.7 Å². The van der Waals surface area contributed by atoms with E-state index in [4.69, 9.17) is 0 Å². The fraction of sp³-hybridized carbons (Fsp3) is 1.00. The molecule has 0 aromatic rings. The van der Waals surface area contributed by atoms with Gasteiger partial charge in [0.15, 0.2) is 0 Å². The molecule has 0 radical (unpaired) electrons. The van der Waals surface area contributed by atoms with Gasteiger partial charge in [0.05, 0.1) is 0 Å². The summed E-state index contributed by atoms with van der Waals surface area (Å²) in [5, 5.41) is 0. The van der Waals surface area contributed by atoms with Crippen LogP contribution in [0.4, 0.5) is 8.78 Å². The van der Waals surface area contributed by atoms with E-state index in [1.807, 2.05) is 13.8 Å². The second-order valence-electron chi connectivity index (χ2n) is 3.41. The van der Waals surface area contributed by atoms with Crippen LogP contribution >= 0.6 is 0 Å². The second kappa shape index (κ2) is 7.11. The van der Waals surface area contributed by atoms with E-state index in [0.29, 0.717) is 12.8 Å². The van der Waals surface area contributed by atoms with Crippen molar-refractivity contribution in [3.63, 3.8) is 0 Å². The predicted octanol–water partition coefficient (Wildman–Crippen LogP) is 2.44. The average molecular weight is 243 g/mol.